The van der Waals surface area contributed by atoms with E-state index >= 15 is 0 Å². The number of carbonyl (C=O) groups excluding carboxylic acids is 1. The molecule has 1 amide bonds. The average Bonchev–Trinajstić information content (AvgIpc) is 3.64. The van der Waals surface area contributed by atoms with Gasteiger partial charge in [-0.25, -0.2) is 14.8 Å². The number of rotatable bonds is 6. The fourth-order valence-electron chi connectivity index (χ4n) is 3.91. The minimum Gasteiger partial charge on any atom is -0.410 e. The summed E-state index contributed by atoms with van der Waals surface area (Å²) in [4.78, 5) is 21.6. The highest BCUT2D eigenvalue weighted by atomic mass is 32.2. The Morgan fingerprint density at radius 3 is 2.48 bits per heavy atom. The minimum atomic E-state index is -0.546. The molecule has 1 aliphatic heterocycles. The van der Waals surface area contributed by atoms with Crippen LogP contribution in [0.15, 0.2) is 60.7 Å². The van der Waals surface area contributed by atoms with Crippen LogP contribution in [0.5, 0.6) is 5.75 Å². The maximum absolute atomic E-state index is 12.1. The molecular weight excluding hydrogens is 436 g/mol. The zero-order valence-electron chi connectivity index (χ0n) is 18.2. The Bertz CT molecular complexity index is 1110. The monoisotopic (exact) mass is 462 g/mol. The van der Waals surface area contributed by atoms with Crippen LogP contribution in [0.1, 0.15) is 31.4 Å². The number of ether oxygens (including phenoxy) is 2. The summed E-state index contributed by atoms with van der Waals surface area (Å²) in [7, 11) is 0. The second-order valence-electron chi connectivity index (χ2n) is 8.33. The predicted molar refractivity (Wildman–Crippen MR) is 130 cm³/mol. The van der Waals surface area contributed by atoms with E-state index in [-0.39, 0.29) is 4.75 Å². The summed E-state index contributed by atoms with van der Waals surface area (Å²) in [6, 6.07) is 18.2. The fraction of sp³-hybridized carbons (Fsp3) is 0.320. The number of hydrogen-bond donors (Lipinski definition) is 2. The van der Waals surface area contributed by atoms with Gasteiger partial charge in [0.1, 0.15) is 11.6 Å². The number of nitrogen functional groups attached to an aromatic ring is 1. The number of anilines is 2. The Balaban J connectivity index is 1.34. The third kappa shape index (κ3) is 5.29. The van der Waals surface area contributed by atoms with E-state index in [1.807, 2.05) is 48.2 Å². The van der Waals surface area contributed by atoms with Gasteiger partial charge in [-0.15, -0.1) is 11.8 Å². The van der Waals surface area contributed by atoms with Gasteiger partial charge in [0.15, 0.2) is 5.82 Å². The number of aromatic nitrogens is 2. The van der Waals surface area contributed by atoms with E-state index in [1.54, 1.807) is 24.3 Å². The Morgan fingerprint density at radius 2 is 1.79 bits per heavy atom. The molecule has 2 aromatic carbocycles. The third-order valence-corrected chi connectivity index (χ3v) is 7.65. The summed E-state index contributed by atoms with van der Waals surface area (Å²) in [5, 5.41) is 3.43. The van der Waals surface area contributed by atoms with Crippen LogP contribution in [-0.2, 0) is 9.48 Å². The van der Waals surface area contributed by atoms with E-state index in [0.29, 0.717) is 28.3 Å². The molecule has 0 unspecified atom stereocenters. The van der Waals surface area contributed by atoms with Crippen LogP contribution in [-0.4, -0.2) is 34.5 Å². The van der Waals surface area contributed by atoms with Crippen LogP contribution >= 0.6 is 11.8 Å². The lowest BCUT2D eigenvalue weighted by molar-refractivity contribution is 0.0758. The van der Waals surface area contributed by atoms with Crippen LogP contribution in [0, 0.1) is 0 Å². The molecule has 2 aliphatic rings. The molecule has 0 radical (unpaired) electrons. The van der Waals surface area contributed by atoms with Gasteiger partial charge in [0.25, 0.3) is 0 Å². The molecule has 0 bridgehead atoms. The summed E-state index contributed by atoms with van der Waals surface area (Å²) in [5.74, 6) is 1.54. The van der Waals surface area contributed by atoms with Gasteiger partial charge in [-0.3, -0.25) is 5.32 Å². The molecule has 0 atom stereocenters. The van der Waals surface area contributed by atoms with Gasteiger partial charge in [0, 0.05) is 35.8 Å². The molecule has 170 valence electrons. The van der Waals surface area contributed by atoms with Crippen molar-refractivity contribution in [1.82, 2.24) is 9.97 Å². The van der Waals surface area contributed by atoms with Gasteiger partial charge in [0.05, 0.1) is 10.4 Å². The lowest BCUT2D eigenvalue weighted by Crippen LogP contribution is -2.32. The molecule has 5 rings (SSSR count). The molecular formula is C25H26N4O3S. The number of nitrogens with one attached hydrogen (secondary N) is 1. The zero-order chi connectivity index (χ0) is 22.7. The molecule has 3 aromatic rings. The van der Waals surface area contributed by atoms with Gasteiger partial charge in [-0.1, -0.05) is 18.2 Å². The van der Waals surface area contributed by atoms with E-state index in [1.165, 1.54) is 12.8 Å². The Hall–Kier alpha value is -3.10. The van der Waals surface area contributed by atoms with Gasteiger partial charge in [-0.05, 0) is 62.1 Å². The van der Waals surface area contributed by atoms with Gasteiger partial charge < -0.3 is 15.2 Å². The van der Waals surface area contributed by atoms with Crippen LogP contribution < -0.4 is 15.8 Å². The first-order valence-electron chi connectivity index (χ1n) is 11.1. The highest BCUT2D eigenvalue weighted by molar-refractivity contribution is 8.01. The first-order chi connectivity index (χ1) is 16.1. The van der Waals surface area contributed by atoms with Crippen LogP contribution in [0.2, 0.25) is 0 Å². The Morgan fingerprint density at radius 1 is 1.06 bits per heavy atom. The van der Waals surface area contributed by atoms with Crippen molar-refractivity contribution in [1.29, 1.82) is 0 Å². The predicted octanol–water partition coefficient (Wildman–Crippen LogP) is 5.24. The topological polar surface area (TPSA) is 99.4 Å². The van der Waals surface area contributed by atoms with Crippen LogP contribution in [0.25, 0.3) is 11.4 Å². The normalized spacial score (nSPS) is 17.3. The van der Waals surface area contributed by atoms with E-state index in [9.17, 15) is 4.79 Å². The van der Waals surface area contributed by atoms with E-state index < -0.39 is 6.09 Å². The molecule has 2 heterocycles. The summed E-state index contributed by atoms with van der Waals surface area (Å²) in [6.45, 7) is 1.47. The van der Waals surface area contributed by atoms with Crippen molar-refractivity contribution in [3.8, 4) is 17.1 Å². The molecule has 1 aliphatic carbocycles. The lowest BCUT2D eigenvalue weighted by Gasteiger charge is -2.36. The molecule has 1 saturated heterocycles. The van der Waals surface area contributed by atoms with E-state index in [2.05, 4.69) is 10.3 Å². The number of amides is 1. The van der Waals surface area contributed by atoms with Gasteiger partial charge >= 0.3 is 6.09 Å². The SMILES string of the molecule is Nc1cc(C2(SC3CC3)CCOCC2)nc(-c2ccc(NC(=O)Oc3ccccc3)cc2)n1. The quantitative estimate of drug-likeness (QED) is 0.517. The number of nitrogens with two attached hydrogens (primary N) is 1. The number of para-hydroxylation sites is 1. The first kappa shape index (κ1) is 21.7. The first-order valence-corrected chi connectivity index (χ1v) is 12.0. The number of hydrogen-bond acceptors (Lipinski definition) is 7. The van der Waals surface area contributed by atoms with Crippen molar-refractivity contribution in [2.45, 2.75) is 35.7 Å². The molecule has 1 saturated carbocycles. The highest BCUT2D eigenvalue weighted by Crippen LogP contribution is 2.52. The van der Waals surface area contributed by atoms with Crippen LogP contribution in [0.4, 0.5) is 16.3 Å². The number of nitrogens with zero attached hydrogens (tertiary/aromatic N) is 2. The standard InChI is InChI=1S/C25H26N4O3S/c26-22-16-21(25(33-20-10-11-20)12-14-31-15-13-25)28-23(29-22)17-6-8-18(9-7-17)27-24(30)32-19-4-2-1-3-5-19/h1-9,16,20H,10-15H2,(H,27,30)(H2,26,28,29). The van der Waals surface area contributed by atoms with Crippen molar-refractivity contribution in [2.75, 3.05) is 24.3 Å². The Labute approximate surface area is 197 Å². The Kier molecular flexibility index (Phi) is 6.20. The number of thioether (sulfide) groups is 1. The van der Waals surface area contributed by atoms with E-state index in [0.717, 1.165) is 37.3 Å². The van der Waals surface area contributed by atoms with Gasteiger partial charge in [0.2, 0.25) is 0 Å². The molecule has 3 N–H and O–H groups in total. The molecule has 0 spiro atoms. The van der Waals surface area contributed by atoms with Crippen molar-refractivity contribution in [2.24, 2.45) is 0 Å². The van der Waals surface area contributed by atoms with E-state index in [4.69, 9.17) is 20.2 Å². The summed E-state index contributed by atoms with van der Waals surface area (Å²) in [6.07, 6.45) is 3.84. The zero-order valence-corrected chi connectivity index (χ0v) is 19.0. The molecule has 2 fully saturated rings. The van der Waals surface area contributed by atoms with Crippen molar-refractivity contribution in [3.63, 3.8) is 0 Å². The highest BCUT2D eigenvalue weighted by Gasteiger charge is 2.42. The summed E-state index contributed by atoms with van der Waals surface area (Å²) < 4.78 is 10.8. The molecule has 33 heavy (non-hydrogen) atoms. The maximum atomic E-state index is 12.1. The molecule has 7 nitrogen and oxygen atoms in total. The smallest absolute Gasteiger partial charge is 0.410 e. The molecule has 1 aromatic heterocycles. The summed E-state index contributed by atoms with van der Waals surface area (Å²) >= 11 is 2.02. The summed E-state index contributed by atoms with van der Waals surface area (Å²) in [5.41, 5.74) is 8.65. The number of carbonyl (C=O) groups is 1. The van der Waals surface area contributed by atoms with Crippen LogP contribution in [0.3, 0.4) is 0 Å². The van der Waals surface area contributed by atoms with Crippen molar-refractivity contribution in [3.05, 3.63) is 66.4 Å². The second-order valence-corrected chi connectivity index (χ2v) is 10.0. The number of benzene rings is 2. The molecule has 8 heteroatoms. The minimum absolute atomic E-state index is 0.0755. The maximum Gasteiger partial charge on any atom is 0.417 e. The third-order valence-electron chi connectivity index (χ3n) is 5.77. The lowest BCUT2D eigenvalue weighted by atomic mass is 9.94. The fourth-order valence-corrected chi connectivity index (χ4v) is 5.55. The van der Waals surface area contributed by atoms with Crippen molar-refractivity contribution < 1.29 is 14.3 Å². The average molecular weight is 463 g/mol. The van der Waals surface area contributed by atoms with Crippen molar-refractivity contribution >= 4 is 29.4 Å². The van der Waals surface area contributed by atoms with Gasteiger partial charge in [-0.2, -0.15) is 0 Å². The largest absolute Gasteiger partial charge is 0.417 e. The second kappa shape index (κ2) is 9.41.